The molecule has 2 amide bonds. The number of hydrogen-bond donors (Lipinski definition) is 3. The first-order chi connectivity index (χ1) is 10.2. The molecule has 0 bridgehead atoms. The van der Waals surface area contributed by atoms with Crippen LogP contribution in [0, 0.1) is 0 Å². The molecule has 6 heteroatoms. The van der Waals surface area contributed by atoms with Crippen molar-refractivity contribution in [2.75, 3.05) is 11.9 Å². The summed E-state index contributed by atoms with van der Waals surface area (Å²) in [6, 6.07) is 6.68. The summed E-state index contributed by atoms with van der Waals surface area (Å²) in [6.45, 7) is 7.02. The molecule has 1 aromatic rings. The lowest BCUT2D eigenvalue weighted by Gasteiger charge is -2.19. The number of carbonyl (C=O) groups excluding carboxylic acids is 2. The van der Waals surface area contributed by atoms with Gasteiger partial charge in [-0.3, -0.25) is 10.1 Å². The van der Waals surface area contributed by atoms with E-state index in [2.05, 4.69) is 10.6 Å². The number of aliphatic hydroxyl groups is 1. The zero-order valence-corrected chi connectivity index (χ0v) is 13.5. The van der Waals surface area contributed by atoms with Crippen LogP contribution in [0.2, 0.25) is 0 Å². The van der Waals surface area contributed by atoms with Crippen LogP contribution in [0.25, 0.3) is 0 Å². The van der Waals surface area contributed by atoms with E-state index in [1.165, 1.54) is 0 Å². The predicted octanol–water partition coefficient (Wildman–Crippen LogP) is 2.07. The Labute approximate surface area is 130 Å². The van der Waals surface area contributed by atoms with Gasteiger partial charge in [-0.25, -0.2) is 4.79 Å². The molecule has 0 spiro atoms. The maximum Gasteiger partial charge on any atom is 0.412 e. The Balaban J connectivity index is 2.53. The van der Waals surface area contributed by atoms with Gasteiger partial charge in [-0.1, -0.05) is 12.1 Å². The number of hydrogen-bond acceptors (Lipinski definition) is 4. The first kappa shape index (κ1) is 18.0. The van der Waals surface area contributed by atoms with E-state index in [9.17, 15) is 9.59 Å². The number of carbonyl (C=O) groups is 2. The highest BCUT2D eigenvalue weighted by atomic mass is 16.6. The van der Waals surface area contributed by atoms with Crippen LogP contribution in [-0.2, 0) is 16.0 Å². The molecule has 22 heavy (non-hydrogen) atoms. The molecule has 0 saturated carbocycles. The van der Waals surface area contributed by atoms with Crippen molar-refractivity contribution in [3.8, 4) is 0 Å². The van der Waals surface area contributed by atoms with Gasteiger partial charge < -0.3 is 15.2 Å². The van der Waals surface area contributed by atoms with Crippen LogP contribution in [0.4, 0.5) is 10.5 Å². The zero-order chi connectivity index (χ0) is 16.8. The molecule has 0 saturated heterocycles. The minimum Gasteiger partial charge on any atom is -0.444 e. The third-order valence-corrected chi connectivity index (χ3v) is 2.65. The lowest BCUT2D eigenvalue weighted by molar-refractivity contribution is -0.121. The lowest BCUT2D eigenvalue weighted by Crippen LogP contribution is -2.35. The van der Waals surface area contributed by atoms with Gasteiger partial charge in [0, 0.05) is 11.7 Å². The quantitative estimate of drug-likeness (QED) is 0.777. The fourth-order valence-corrected chi connectivity index (χ4v) is 1.68. The van der Waals surface area contributed by atoms with E-state index in [1.54, 1.807) is 52.0 Å². The van der Waals surface area contributed by atoms with Crippen molar-refractivity contribution in [1.29, 1.82) is 0 Å². The minimum absolute atomic E-state index is 0.0928. The Hall–Kier alpha value is -2.08. The van der Waals surface area contributed by atoms with Crippen molar-refractivity contribution in [3.05, 3.63) is 29.8 Å². The fourth-order valence-electron chi connectivity index (χ4n) is 1.68. The largest absolute Gasteiger partial charge is 0.444 e. The summed E-state index contributed by atoms with van der Waals surface area (Å²) in [4.78, 5) is 23.3. The highest BCUT2D eigenvalue weighted by Crippen LogP contribution is 2.13. The number of ether oxygens (including phenoxy) is 1. The van der Waals surface area contributed by atoms with Crippen molar-refractivity contribution < 1.29 is 19.4 Å². The molecule has 0 aliphatic rings. The Bertz CT molecular complexity index is 506. The van der Waals surface area contributed by atoms with Gasteiger partial charge in [0.2, 0.25) is 5.91 Å². The summed E-state index contributed by atoms with van der Waals surface area (Å²) in [5, 5.41) is 14.2. The van der Waals surface area contributed by atoms with Gasteiger partial charge in [-0.15, -0.1) is 0 Å². The summed E-state index contributed by atoms with van der Waals surface area (Å²) in [5.74, 6) is -0.158. The maximum absolute atomic E-state index is 11.7. The standard InChI is InChI=1S/C16H24N2O4/c1-11(10-19)17-14(20)9-12-5-7-13(8-6-12)18-15(21)22-16(2,3)4/h5-8,11,19H,9-10H2,1-4H3,(H,17,20)(H,18,21). The van der Waals surface area contributed by atoms with E-state index in [0.717, 1.165) is 5.56 Å². The van der Waals surface area contributed by atoms with Crippen molar-refractivity contribution in [1.82, 2.24) is 5.32 Å². The van der Waals surface area contributed by atoms with Crippen LogP contribution in [0.5, 0.6) is 0 Å². The van der Waals surface area contributed by atoms with Crippen LogP contribution in [0.3, 0.4) is 0 Å². The van der Waals surface area contributed by atoms with E-state index in [1.807, 2.05) is 0 Å². The molecule has 6 nitrogen and oxygen atoms in total. The molecule has 0 heterocycles. The summed E-state index contributed by atoms with van der Waals surface area (Å²) in [7, 11) is 0. The molecule has 0 aliphatic heterocycles. The molecule has 122 valence electrons. The van der Waals surface area contributed by atoms with E-state index in [4.69, 9.17) is 9.84 Å². The number of anilines is 1. The molecule has 1 rings (SSSR count). The molecule has 0 radical (unpaired) electrons. The lowest BCUT2D eigenvalue weighted by atomic mass is 10.1. The Kier molecular flexibility index (Phi) is 6.37. The predicted molar refractivity (Wildman–Crippen MR) is 84.7 cm³/mol. The number of nitrogens with one attached hydrogen (secondary N) is 2. The second-order valence-corrected chi connectivity index (χ2v) is 6.15. The van der Waals surface area contributed by atoms with Gasteiger partial charge in [0.05, 0.1) is 13.0 Å². The van der Waals surface area contributed by atoms with Crippen LogP contribution in [0.1, 0.15) is 33.3 Å². The number of rotatable bonds is 5. The molecule has 0 aliphatic carbocycles. The SMILES string of the molecule is CC(CO)NC(=O)Cc1ccc(NC(=O)OC(C)(C)C)cc1. The average molecular weight is 308 g/mol. The first-order valence-electron chi connectivity index (χ1n) is 7.19. The van der Waals surface area contributed by atoms with E-state index >= 15 is 0 Å². The number of benzene rings is 1. The van der Waals surface area contributed by atoms with E-state index in [-0.39, 0.29) is 25.0 Å². The summed E-state index contributed by atoms with van der Waals surface area (Å²) < 4.78 is 5.15. The smallest absolute Gasteiger partial charge is 0.412 e. The van der Waals surface area contributed by atoms with E-state index < -0.39 is 11.7 Å². The Morgan fingerprint density at radius 1 is 1.23 bits per heavy atom. The molecule has 1 atom stereocenters. The molecule has 1 aromatic carbocycles. The van der Waals surface area contributed by atoms with Crippen molar-refractivity contribution in [2.24, 2.45) is 0 Å². The van der Waals surface area contributed by atoms with E-state index in [0.29, 0.717) is 5.69 Å². The van der Waals surface area contributed by atoms with Gasteiger partial charge in [-0.05, 0) is 45.4 Å². The normalized spacial score (nSPS) is 12.4. The third-order valence-electron chi connectivity index (χ3n) is 2.65. The summed E-state index contributed by atoms with van der Waals surface area (Å²) >= 11 is 0. The average Bonchev–Trinajstić information content (AvgIpc) is 2.38. The van der Waals surface area contributed by atoms with Crippen molar-refractivity contribution in [3.63, 3.8) is 0 Å². The highest BCUT2D eigenvalue weighted by Gasteiger charge is 2.16. The second-order valence-electron chi connectivity index (χ2n) is 6.15. The zero-order valence-electron chi connectivity index (χ0n) is 13.5. The Morgan fingerprint density at radius 2 is 1.82 bits per heavy atom. The van der Waals surface area contributed by atoms with Crippen LogP contribution >= 0.6 is 0 Å². The first-order valence-corrected chi connectivity index (χ1v) is 7.19. The van der Waals surface area contributed by atoms with Crippen molar-refractivity contribution in [2.45, 2.75) is 45.8 Å². The topological polar surface area (TPSA) is 87.7 Å². The van der Waals surface area contributed by atoms with Gasteiger partial charge in [0.25, 0.3) is 0 Å². The molecule has 0 aromatic heterocycles. The van der Waals surface area contributed by atoms with Crippen LogP contribution < -0.4 is 10.6 Å². The fraction of sp³-hybridized carbons (Fsp3) is 0.500. The number of amides is 2. The van der Waals surface area contributed by atoms with Crippen molar-refractivity contribution >= 4 is 17.7 Å². The second kappa shape index (κ2) is 7.79. The van der Waals surface area contributed by atoms with Gasteiger partial charge >= 0.3 is 6.09 Å². The molecular formula is C16H24N2O4. The van der Waals surface area contributed by atoms with Crippen LogP contribution in [0.15, 0.2) is 24.3 Å². The third kappa shape index (κ3) is 7.08. The van der Waals surface area contributed by atoms with Gasteiger partial charge in [0.1, 0.15) is 5.60 Å². The minimum atomic E-state index is -0.550. The van der Waals surface area contributed by atoms with Crippen LogP contribution in [-0.4, -0.2) is 35.4 Å². The molecule has 3 N–H and O–H groups in total. The Morgan fingerprint density at radius 3 is 2.32 bits per heavy atom. The molecule has 0 fully saturated rings. The molecular weight excluding hydrogens is 284 g/mol. The summed E-state index contributed by atoms with van der Waals surface area (Å²) in [5.41, 5.74) is 0.866. The van der Waals surface area contributed by atoms with Gasteiger partial charge in [0.15, 0.2) is 0 Å². The maximum atomic E-state index is 11.7. The number of aliphatic hydroxyl groups excluding tert-OH is 1. The molecule has 1 unspecified atom stereocenters. The monoisotopic (exact) mass is 308 g/mol. The highest BCUT2D eigenvalue weighted by molar-refractivity contribution is 5.85. The summed E-state index contributed by atoms with van der Waals surface area (Å²) in [6.07, 6.45) is -0.299. The van der Waals surface area contributed by atoms with Gasteiger partial charge in [-0.2, -0.15) is 0 Å².